The number of rotatable bonds is 4. The van der Waals surface area contributed by atoms with Crippen molar-refractivity contribution in [2.24, 2.45) is 0 Å². The standard InChI is InChI=1S/C12H9F2NO4/c1-18-6-2-3-7(11(13)14)8(4-6)10-5-9(12(16)17)15-19-10/h2-5,11H,1H3,(H,16,17). The summed E-state index contributed by atoms with van der Waals surface area (Å²) >= 11 is 0. The highest BCUT2D eigenvalue weighted by Gasteiger charge is 2.20. The molecule has 1 aromatic heterocycles. The second-order valence-electron chi connectivity index (χ2n) is 3.64. The minimum Gasteiger partial charge on any atom is -0.497 e. The third kappa shape index (κ3) is 2.54. The van der Waals surface area contributed by atoms with Crippen molar-refractivity contribution < 1.29 is 27.9 Å². The molecular formula is C12H9F2NO4. The molecule has 2 aromatic rings. The Morgan fingerprint density at radius 3 is 2.68 bits per heavy atom. The van der Waals surface area contributed by atoms with Gasteiger partial charge in [-0.2, -0.15) is 0 Å². The summed E-state index contributed by atoms with van der Waals surface area (Å²) in [5.74, 6) is -0.990. The molecule has 1 aromatic carbocycles. The predicted octanol–water partition coefficient (Wildman–Crippen LogP) is 2.99. The first kappa shape index (κ1) is 13.0. The molecule has 100 valence electrons. The van der Waals surface area contributed by atoms with Crippen LogP contribution in [0.2, 0.25) is 0 Å². The number of aromatic carboxylic acids is 1. The normalized spacial score (nSPS) is 10.7. The Bertz CT molecular complexity index is 610. The van der Waals surface area contributed by atoms with Gasteiger partial charge in [0.05, 0.1) is 7.11 Å². The van der Waals surface area contributed by atoms with Crippen molar-refractivity contribution in [3.8, 4) is 17.1 Å². The summed E-state index contributed by atoms with van der Waals surface area (Å²) in [4.78, 5) is 10.7. The van der Waals surface area contributed by atoms with Crippen molar-refractivity contribution in [1.29, 1.82) is 0 Å². The highest BCUT2D eigenvalue weighted by atomic mass is 19.3. The number of alkyl halides is 2. The number of carboxylic acid groups (broad SMARTS) is 1. The molecule has 0 aliphatic rings. The first-order valence-corrected chi connectivity index (χ1v) is 5.19. The molecule has 1 N–H and O–H groups in total. The van der Waals surface area contributed by atoms with Crippen molar-refractivity contribution in [2.45, 2.75) is 6.43 Å². The molecule has 0 bridgehead atoms. The number of benzene rings is 1. The van der Waals surface area contributed by atoms with Crippen LogP contribution in [0, 0.1) is 0 Å². The minimum atomic E-state index is -2.72. The second kappa shape index (κ2) is 5.05. The summed E-state index contributed by atoms with van der Waals surface area (Å²) in [6.07, 6.45) is -2.72. The molecule has 2 rings (SSSR count). The van der Waals surface area contributed by atoms with Crippen LogP contribution in [0.15, 0.2) is 28.8 Å². The van der Waals surface area contributed by atoms with Crippen LogP contribution in [-0.2, 0) is 0 Å². The molecule has 0 atom stereocenters. The number of methoxy groups -OCH3 is 1. The highest BCUT2D eigenvalue weighted by molar-refractivity contribution is 5.86. The number of hydrogen-bond donors (Lipinski definition) is 1. The molecule has 19 heavy (non-hydrogen) atoms. The van der Waals surface area contributed by atoms with Gasteiger partial charge in [-0.15, -0.1) is 0 Å². The Morgan fingerprint density at radius 2 is 2.16 bits per heavy atom. The van der Waals surface area contributed by atoms with Gasteiger partial charge in [-0.25, -0.2) is 13.6 Å². The van der Waals surface area contributed by atoms with Crippen LogP contribution in [0.1, 0.15) is 22.5 Å². The van der Waals surface area contributed by atoms with Crippen molar-refractivity contribution in [1.82, 2.24) is 5.16 Å². The molecular weight excluding hydrogens is 260 g/mol. The van der Waals surface area contributed by atoms with Gasteiger partial charge in [0, 0.05) is 17.2 Å². The minimum absolute atomic E-state index is 0.0494. The summed E-state index contributed by atoms with van der Waals surface area (Å²) < 4.78 is 35.5. The molecule has 0 saturated carbocycles. The van der Waals surface area contributed by atoms with Crippen LogP contribution in [0.4, 0.5) is 8.78 Å². The summed E-state index contributed by atoms with van der Waals surface area (Å²) in [5, 5.41) is 12.0. The molecule has 0 spiro atoms. The van der Waals surface area contributed by atoms with Crippen molar-refractivity contribution in [3.63, 3.8) is 0 Å². The van der Waals surface area contributed by atoms with E-state index in [9.17, 15) is 13.6 Å². The molecule has 0 amide bonds. The predicted molar refractivity (Wildman–Crippen MR) is 60.4 cm³/mol. The van der Waals surface area contributed by atoms with Crippen LogP contribution in [-0.4, -0.2) is 23.3 Å². The Labute approximate surface area is 106 Å². The number of aromatic nitrogens is 1. The fraction of sp³-hybridized carbons (Fsp3) is 0.167. The van der Waals surface area contributed by atoms with E-state index in [1.807, 2.05) is 0 Å². The van der Waals surface area contributed by atoms with Crippen LogP contribution in [0.5, 0.6) is 5.75 Å². The number of nitrogens with zero attached hydrogens (tertiary/aromatic N) is 1. The van der Waals surface area contributed by atoms with Crippen molar-refractivity contribution >= 4 is 5.97 Å². The van der Waals surface area contributed by atoms with Gasteiger partial charge in [0.25, 0.3) is 6.43 Å². The lowest BCUT2D eigenvalue weighted by Gasteiger charge is -2.08. The van der Waals surface area contributed by atoms with Crippen LogP contribution in [0.3, 0.4) is 0 Å². The van der Waals surface area contributed by atoms with E-state index in [2.05, 4.69) is 5.16 Å². The third-order valence-corrected chi connectivity index (χ3v) is 2.49. The lowest BCUT2D eigenvalue weighted by atomic mass is 10.0. The maximum Gasteiger partial charge on any atom is 0.358 e. The second-order valence-corrected chi connectivity index (χ2v) is 3.64. The quantitative estimate of drug-likeness (QED) is 0.923. The average molecular weight is 269 g/mol. The van der Waals surface area contributed by atoms with E-state index in [0.29, 0.717) is 5.75 Å². The van der Waals surface area contributed by atoms with Gasteiger partial charge >= 0.3 is 5.97 Å². The third-order valence-electron chi connectivity index (χ3n) is 2.49. The summed E-state index contributed by atoms with van der Waals surface area (Å²) in [5.41, 5.74) is -0.582. The topological polar surface area (TPSA) is 72.6 Å². The van der Waals surface area contributed by atoms with Gasteiger partial charge in [-0.1, -0.05) is 5.16 Å². The molecule has 0 unspecified atom stereocenters. The molecule has 0 saturated heterocycles. The lowest BCUT2D eigenvalue weighted by Crippen LogP contribution is -1.95. The lowest BCUT2D eigenvalue weighted by molar-refractivity contribution is 0.0685. The van der Waals surface area contributed by atoms with Crippen molar-refractivity contribution in [2.75, 3.05) is 7.11 Å². The smallest absolute Gasteiger partial charge is 0.358 e. The molecule has 7 heteroatoms. The van der Waals surface area contributed by atoms with Crippen LogP contribution >= 0.6 is 0 Å². The monoisotopic (exact) mass is 269 g/mol. The van der Waals surface area contributed by atoms with E-state index >= 15 is 0 Å². The summed E-state index contributed by atoms with van der Waals surface area (Å²) in [6, 6.07) is 5.01. The van der Waals surface area contributed by atoms with Crippen LogP contribution < -0.4 is 4.74 Å². The number of ether oxygens (including phenoxy) is 1. The summed E-state index contributed by atoms with van der Waals surface area (Å²) in [7, 11) is 1.39. The Kier molecular flexibility index (Phi) is 3.46. The molecule has 5 nitrogen and oxygen atoms in total. The highest BCUT2D eigenvalue weighted by Crippen LogP contribution is 2.34. The zero-order valence-corrected chi connectivity index (χ0v) is 9.76. The largest absolute Gasteiger partial charge is 0.497 e. The average Bonchev–Trinajstić information content (AvgIpc) is 2.87. The van der Waals surface area contributed by atoms with E-state index in [-0.39, 0.29) is 22.6 Å². The first-order chi connectivity index (χ1) is 9.02. The van der Waals surface area contributed by atoms with Crippen molar-refractivity contribution in [3.05, 3.63) is 35.5 Å². The first-order valence-electron chi connectivity index (χ1n) is 5.19. The van der Waals surface area contributed by atoms with Gasteiger partial charge in [0.1, 0.15) is 5.75 Å². The number of carboxylic acids is 1. The zero-order chi connectivity index (χ0) is 14.0. The maximum absolute atomic E-state index is 12.9. The molecule has 1 heterocycles. The van der Waals surface area contributed by atoms with Gasteiger partial charge in [0.2, 0.25) is 0 Å². The SMILES string of the molecule is COc1ccc(C(F)F)c(-c2cc(C(=O)O)no2)c1. The van der Waals surface area contributed by atoms with E-state index in [1.165, 1.54) is 25.3 Å². The maximum atomic E-state index is 12.9. The Hall–Kier alpha value is -2.44. The van der Waals surface area contributed by atoms with Gasteiger partial charge in [-0.05, 0) is 18.2 Å². The summed E-state index contributed by atoms with van der Waals surface area (Å²) in [6.45, 7) is 0. The zero-order valence-electron chi connectivity index (χ0n) is 9.76. The number of hydrogen-bond acceptors (Lipinski definition) is 4. The van der Waals surface area contributed by atoms with E-state index in [4.69, 9.17) is 14.4 Å². The molecule has 0 aliphatic heterocycles. The van der Waals surface area contributed by atoms with E-state index in [0.717, 1.165) is 6.07 Å². The van der Waals surface area contributed by atoms with E-state index < -0.39 is 12.4 Å². The van der Waals surface area contributed by atoms with Crippen LogP contribution in [0.25, 0.3) is 11.3 Å². The van der Waals surface area contributed by atoms with Gasteiger partial charge in [0.15, 0.2) is 11.5 Å². The van der Waals surface area contributed by atoms with Gasteiger partial charge < -0.3 is 14.4 Å². The fourth-order valence-electron chi connectivity index (χ4n) is 1.57. The molecule has 0 fully saturated rings. The Balaban J connectivity index is 2.54. The fourth-order valence-corrected chi connectivity index (χ4v) is 1.57. The van der Waals surface area contributed by atoms with Gasteiger partial charge in [-0.3, -0.25) is 0 Å². The number of halogens is 2. The Morgan fingerprint density at radius 1 is 1.42 bits per heavy atom. The molecule has 0 radical (unpaired) electrons. The van der Waals surface area contributed by atoms with E-state index in [1.54, 1.807) is 0 Å². The number of carbonyl (C=O) groups is 1. The molecule has 0 aliphatic carbocycles.